The van der Waals surface area contributed by atoms with E-state index in [1.807, 2.05) is 5.38 Å². The van der Waals surface area contributed by atoms with Crippen LogP contribution in [0.2, 0.25) is 0 Å². The van der Waals surface area contributed by atoms with Gasteiger partial charge in [0.2, 0.25) is 0 Å². The van der Waals surface area contributed by atoms with E-state index in [-0.39, 0.29) is 0 Å². The molecule has 19 heavy (non-hydrogen) atoms. The quantitative estimate of drug-likeness (QED) is 0.798. The zero-order chi connectivity index (χ0) is 14.0. The molecule has 7 heteroatoms. The van der Waals surface area contributed by atoms with Gasteiger partial charge in [-0.05, 0) is 30.9 Å². The van der Waals surface area contributed by atoms with Crippen LogP contribution in [0.5, 0.6) is 0 Å². The first-order valence-corrected chi connectivity index (χ1v) is 9.18. The second-order valence-electron chi connectivity index (χ2n) is 4.94. The van der Waals surface area contributed by atoms with Crippen molar-refractivity contribution in [3.05, 3.63) is 17.0 Å². The maximum Gasteiger partial charge on any atom is 0.252 e. The number of rotatable bonds is 4. The third-order valence-corrected chi connectivity index (χ3v) is 7.05. The number of halogens is 1. The van der Waals surface area contributed by atoms with Crippen LogP contribution >= 0.6 is 22.9 Å². The Kier molecular flexibility index (Phi) is 4.89. The van der Waals surface area contributed by atoms with Crippen LogP contribution in [-0.2, 0) is 15.9 Å². The Hall–Kier alpha value is -0.140. The van der Waals surface area contributed by atoms with Crippen molar-refractivity contribution in [1.29, 1.82) is 0 Å². The normalized spacial score (nSPS) is 19.2. The van der Waals surface area contributed by atoms with Gasteiger partial charge in [0, 0.05) is 38.1 Å². The fourth-order valence-electron chi connectivity index (χ4n) is 2.15. The van der Waals surface area contributed by atoms with Crippen LogP contribution in [0, 0.1) is 0 Å². The van der Waals surface area contributed by atoms with Crippen LogP contribution in [0.3, 0.4) is 0 Å². The average molecular weight is 323 g/mol. The maximum atomic E-state index is 12.5. The molecule has 108 valence electrons. The Morgan fingerprint density at radius 2 is 1.95 bits per heavy atom. The topological polar surface area (TPSA) is 40.6 Å². The fraction of sp³-hybridized carbons (Fsp3) is 0.667. The summed E-state index contributed by atoms with van der Waals surface area (Å²) in [5, 5.41) is 1.81. The molecule has 0 unspecified atom stereocenters. The summed E-state index contributed by atoms with van der Waals surface area (Å²) < 4.78 is 26.9. The van der Waals surface area contributed by atoms with Gasteiger partial charge in [-0.2, -0.15) is 4.31 Å². The van der Waals surface area contributed by atoms with Gasteiger partial charge in [0.15, 0.2) is 0 Å². The third-order valence-electron chi connectivity index (χ3n) is 3.38. The minimum absolute atomic E-state index is 0.354. The second-order valence-corrected chi connectivity index (χ2v) is 8.28. The lowest BCUT2D eigenvalue weighted by molar-refractivity contribution is 0.154. The maximum absolute atomic E-state index is 12.5. The number of hydrogen-bond donors (Lipinski definition) is 0. The smallest absolute Gasteiger partial charge is 0.252 e. The first-order valence-electron chi connectivity index (χ1n) is 6.32. The second kappa shape index (κ2) is 6.10. The summed E-state index contributed by atoms with van der Waals surface area (Å²) in [5.74, 6) is 0.354. The predicted molar refractivity (Wildman–Crippen MR) is 79.3 cm³/mol. The summed E-state index contributed by atoms with van der Waals surface area (Å²) in [5.41, 5.74) is 0.867. The molecule has 0 aliphatic carbocycles. The van der Waals surface area contributed by atoms with Crippen molar-refractivity contribution in [3.63, 3.8) is 0 Å². The van der Waals surface area contributed by atoms with E-state index < -0.39 is 10.0 Å². The highest BCUT2D eigenvalue weighted by Crippen LogP contribution is 2.25. The van der Waals surface area contributed by atoms with Crippen LogP contribution < -0.4 is 0 Å². The van der Waals surface area contributed by atoms with E-state index in [0.29, 0.717) is 29.2 Å². The lowest BCUT2D eigenvalue weighted by Gasteiger charge is -2.35. The number of piperazine rings is 1. The Bertz CT molecular complexity index is 520. The van der Waals surface area contributed by atoms with E-state index in [2.05, 4.69) is 18.7 Å². The molecule has 1 aromatic heterocycles. The Morgan fingerprint density at radius 1 is 1.32 bits per heavy atom. The molecule has 0 saturated carbocycles. The molecule has 1 fully saturated rings. The molecule has 0 amide bonds. The van der Waals surface area contributed by atoms with Crippen LogP contribution in [0.15, 0.2) is 15.7 Å². The van der Waals surface area contributed by atoms with Gasteiger partial charge in [0.1, 0.15) is 4.21 Å². The SMILES string of the molecule is CC(C)N1CCN(S(=O)(=O)c2cc(CCl)cs2)CC1. The molecule has 0 N–H and O–H groups in total. The zero-order valence-electron chi connectivity index (χ0n) is 11.2. The molecule has 0 aromatic carbocycles. The highest BCUT2D eigenvalue weighted by molar-refractivity contribution is 7.91. The zero-order valence-corrected chi connectivity index (χ0v) is 13.6. The monoisotopic (exact) mass is 322 g/mol. The minimum Gasteiger partial charge on any atom is -0.298 e. The summed E-state index contributed by atoms with van der Waals surface area (Å²) in [6.45, 7) is 6.99. The molecule has 2 rings (SSSR count). The van der Waals surface area contributed by atoms with E-state index in [9.17, 15) is 8.42 Å². The number of thiophene rings is 1. The predicted octanol–water partition coefficient (Wildman–Crippen LogP) is 2.20. The molecular weight excluding hydrogens is 304 g/mol. The van der Waals surface area contributed by atoms with Crippen molar-refractivity contribution < 1.29 is 8.42 Å². The number of hydrogen-bond acceptors (Lipinski definition) is 4. The first-order chi connectivity index (χ1) is 8.95. The standard InChI is InChI=1S/C12H19ClN2O2S2/c1-10(2)14-3-5-15(6-4-14)19(16,17)12-7-11(8-13)9-18-12/h7,9-10H,3-6,8H2,1-2H3. The van der Waals surface area contributed by atoms with E-state index in [1.165, 1.54) is 11.3 Å². The van der Waals surface area contributed by atoms with Crippen molar-refractivity contribution in [2.24, 2.45) is 0 Å². The Balaban J connectivity index is 2.09. The fourth-order valence-corrected chi connectivity index (χ4v) is 5.18. The van der Waals surface area contributed by atoms with Gasteiger partial charge in [-0.15, -0.1) is 22.9 Å². The number of nitrogens with zero attached hydrogens (tertiary/aromatic N) is 2. The Morgan fingerprint density at radius 3 is 2.42 bits per heavy atom. The summed E-state index contributed by atoms with van der Waals surface area (Å²) in [6.07, 6.45) is 0. The lowest BCUT2D eigenvalue weighted by Crippen LogP contribution is -2.50. The molecule has 0 spiro atoms. The van der Waals surface area contributed by atoms with E-state index in [1.54, 1.807) is 10.4 Å². The third kappa shape index (κ3) is 3.31. The molecule has 0 atom stereocenters. The van der Waals surface area contributed by atoms with Gasteiger partial charge in [-0.3, -0.25) is 4.90 Å². The summed E-state index contributed by atoms with van der Waals surface area (Å²) in [4.78, 5) is 2.30. The molecule has 1 aliphatic heterocycles. The van der Waals surface area contributed by atoms with Crippen LogP contribution in [0.1, 0.15) is 19.4 Å². The van der Waals surface area contributed by atoms with Gasteiger partial charge in [-0.1, -0.05) is 0 Å². The Labute approximate surface area is 124 Å². The van der Waals surface area contributed by atoms with E-state index in [0.717, 1.165) is 18.7 Å². The van der Waals surface area contributed by atoms with Gasteiger partial charge in [-0.25, -0.2) is 8.42 Å². The van der Waals surface area contributed by atoms with Crippen molar-refractivity contribution >= 4 is 33.0 Å². The summed E-state index contributed by atoms with van der Waals surface area (Å²) >= 11 is 6.98. The molecule has 1 aliphatic rings. The highest BCUT2D eigenvalue weighted by atomic mass is 35.5. The van der Waals surface area contributed by atoms with E-state index in [4.69, 9.17) is 11.6 Å². The average Bonchev–Trinajstić information content (AvgIpc) is 2.88. The van der Waals surface area contributed by atoms with Gasteiger partial charge < -0.3 is 0 Å². The van der Waals surface area contributed by atoms with E-state index >= 15 is 0 Å². The largest absolute Gasteiger partial charge is 0.298 e. The van der Waals surface area contributed by atoms with Crippen molar-refractivity contribution in [3.8, 4) is 0 Å². The number of sulfonamides is 1. The minimum atomic E-state index is -3.33. The van der Waals surface area contributed by atoms with Crippen molar-refractivity contribution in [2.75, 3.05) is 26.2 Å². The summed E-state index contributed by atoms with van der Waals surface area (Å²) in [6, 6.07) is 2.15. The van der Waals surface area contributed by atoms with Crippen LogP contribution in [0.4, 0.5) is 0 Å². The van der Waals surface area contributed by atoms with Crippen molar-refractivity contribution in [1.82, 2.24) is 9.21 Å². The van der Waals surface area contributed by atoms with Gasteiger partial charge in [0.05, 0.1) is 0 Å². The molecule has 1 aromatic rings. The molecular formula is C12H19ClN2O2S2. The summed E-state index contributed by atoms with van der Waals surface area (Å²) in [7, 11) is -3.33. The van der Waals surface area contributed by atoms with Gasteiger partial charge >= 0.3 is 0 Å². The van der Waals surface area contributed by atoms with Crippen LogP contribution in [-0.4, -0.2) is 49.8 Å². The van der Waals surface area contributed by atoms with Gasteiger partial charge in [0.25, 0.3) is 10.0 Å². The lowest BCUT2D eigenvalue weighted by atomic mass is 10.3. The highest BCUT2D eigenvalue weighted by Gasteiger charge is 2.30. The van der Waals surface area contributed by atoms with Crippen LogP contribution in [0.25, 0.3) is 0 Å². The molecule has 1 saturated heterocycles. The molecule has 2 heterocycles. The van der Waals surface area contributed by atoms with Crippen molar-refractivity contribution in [2.45, 2.75) is 30.0 Å². The number of alkyl halides is 1. The molecule has 4 nitrogen and oxygen atoms in total. The first kappa shape index (κ1) is 15.3. The molecule has 0 radical (unpaired) electrons. The molecule has 0 bridgehead atoms.